The molecular weight excluding hydrogens is 760 g/mol. The SMILES string of the molecule is CCOC(=O)C1=C(C)N=c2s/c(=C/c3cc(Br)cc(Br)c3OCc3ccc(Cl)cc3)c(=O)n2[C@H]1c1ccc(OC(C)C)c(OC)c1. The van der Waals surface area contributed by atoms with E-state index in [0.29, 0.717) is 59.5 Å². The largest absolute Gasteiger partial charge is 0.493 e. The maximum Gasteiger partial charge on any atom is 0.338 e. The van der Waals surface area contributed by atoms with Crippen LogP contribution in [0.3, 0.4) is 0 Å². The average molecular weight is 791 g/mol. The summed E-state index contributed by atoms with van der Waals surface area (Å²) < 4.78 is 26.7. The van der Waals surface area contributed by atoms with Crippen LogP contribution in [0.5, 0.6) is 17.2 Å². The van der Waals surface area contributed by atoms with Gasteiger partial charge in [0.1, 0.15) is 12.4 Å². The van der Waals surface area contributed by atoms with Crippen molar-refractivity contribution >= 4 is 66.8 Å². The van der Waals surface area contributed by atoms with Gasteiger partial charge in [-0.05, 0) is 97.2 Å². The third-order valence-electron chi connectivity index (χ3n) is 7.00. The highest BCUT2D eigenvalue weighted by molar-refractivity contribution is 9.11. The number of allylic oxidation sites excluding steroid dienone is 1. The van der Waals surface area contributed by atoms with Gasteiger partial charge in [-0.15, -0.1) is 0 Å². The molecule has 1 aliphatic rings. The summed E-state index contributed by atoms with van der Waals surface area (Å²) in [6, 6.07) is 15.7. The summed E-state index contributed by atoms with van der Waals surface area (Å²) in [5, 5.41) is 0.641. The fourth-order valence-electron chi connectivity index (χ4n) is 5.03. The number of carbonyl (C=O) groups excluding carboxylic acids is 1. The van der Waals surface area contributed by atoms with E-state index in [1.54, 1.807) is 39.2 Å². The predicted octanol–water partition coefficient (Wildman–Crippen LogP) is 7.35. The van der Waals surface area contributed by atoms with Gasteiger partial charge in [-0.25, -0.2) is 9.79 Å². The number of rotatable bonds is 10. The van der Waals surface area contributed by atoms with E-state index in [0.717, 1.165) is 10.0 Å². The van der Waals surface area contributed by atoms with E-state index in [4.69, 9.17) is 35.5 Å². The maximum absolute atomic E-state index is 14.3. The summed E-state index contributed by atoms with van der Waals surface area (Å²) in [5.41, 5.74) is 2.69. The Morgan fingerprint density at radius 3 is 2.52 bits per heavy atom. The second-order valence-corrected chi connectivity index (χ2v) is 13.8. The van der Waals surface area contributed by atoms with E-state index in [2.05, 4.69) is 31.9 Å². The van der Waals surface area contributed by atoms with Crippen molar-refractivity contribution in [3.8, 4) is 17.2 Å². The maximum atomic E-state index is 14.3. The van der Waals surface area contributed by atoms with E-state index in [1.165, 1.54) is 15.9 Å². The van der Waals surface area contributed by atoms with Gasteiger partial charge in [-0.1, -0.05) is 57.1 Å². The van der Waals surface area contributed by atoms with Crippen molar-refractivity contribution < 1.29 is 23.7 Å². The third kappa shape index (κ3) is 7.27. The van der Waals surface area contributed by atoms with Crippen molar-refractivity contribution in [1.29, 1.82) is 0 Å². The lowest BCUT2D eigenvalue weighted by Crippen LogP contribution is -2.40. The number of thiazole rings is 1. The molecule has 4 aromatic rings. The van der Waals surface area contributed by atoms with Crippen LogP contribution in [0.2, 0.25) is 5.02 Å². The van der Waals surface area contributed by atoms with Crippen molar-refractivity contribution in [2.45, 2.75) is 46.4 Å². The number of halogens is 3. The van der Waals surface area contributed by atoms with Crippen LogP contribution in [0.1, 0.15) is 50.4 Å². The Morgan fingerprint density at radius 2 is 1.85 bits per heavy atom. The minimum Gasteiger partial charge on any atom is -0.493 e. The molecule has 12 heteroatoms. The molecule has 0 radical (unpaired) electrons. The van der Waals surface area contributed by atoms with E-state index < -0.39 is 12.0 Å². The first-order valence-corrected chi connectivity index (χ1v) is 17.2. The van der Waals surface area contributed by atoms with Crippen LogP contribution in [0.4, 0.5) is 0 Å². The fraction of sp³-hybridized carbons (Fsp3) is 0.265. The molecule has 2 heterocycles. The van der Waals surface area contributed by atoms with Gasteiger partial charge in [0.05, 0.1) is 46.1 Å². The number of ether oxygens (including phenoxy) is 4. The average Bonchev–Trinajstić information content (AvgIpc) is 3.30. The molecule has 3 aromatic carbocycles. The number of nitrogens with zero attached hydrogens (tertiary/aromatic N) is 2. The van der Waals surface area contributed by atoms with Crippen molar-refractivity contribution in [3.63, 3.8) is 0 Å². The summed E-state index contributed by atoms with van der Waals surface area (Å²) in [6.45, 7) is 7.80. The second kappa shape index (κ2) is 14.6. The van der Waals surface area contributed by atoms with E-state index >= 15 is 0 Å². The van der Waals surface area contributed by atoms with Crippen LogP contribution in [-0.2, 0) is 16.1 Å². The molecule has 46 heavy (non-hydrogen) atoms. The van der Waals surface area contributed by atoms with Crippen LogP contribution >= 0.6 is 54.8 Å². The lowest BCUT2D eigenvalue weighted by Gasteiger charge is -2.25. The summed E-state index contributed by atoms with van der Waals surface area (Å²) in [4.78, 5) is 32.8. The Bertz CT molecular complexity index is 2000. The molecule has 0 saturated carbocycles. The predicted molar refractivity (Wildman–Crippen MR) is 187 cm³/mol. The summed E-state index contributed by atoms with van der Waals surface area (Å²) >= 11 is 14.5. The topological polar surface area (TPSA) is 88.4 Å². The first-order valence-electron chi connectivity index (χ1n) is 14.4. The molecule has 0 bridgehead atoms. The van der Waals surface area contributed by atoms with Gasteiger partial charge >= 0.3 is 5.97 Å². The molecule has 1 atom stereocenters. The molecule has 1 aliphatic heterocycles. The standard InChI is InChI=1S/C34H31Br2ClN2O6S/c1-6-43-33(41)29-19(4)38-34-39(30(29)21-9-12-26(45-18(2)3)27(14-21)42-5)32(40)28(46-34)15-22-13-23(35)16-25(36)31(22)44-17-20-7-10-24(37)11-8-20/h7-16,18,30H,6,17H2,1-5H3/b28-15+/t30-/m0/s1. The number of methoxy groups -OCH3 is 1. The van der Waals surface area contributed by atoms with Gasteiger partial charge in [0, 0.05) is 15.1 Å². The molecule has 240 valence electrons. The number of hydrogen-bond acceptors (Lipinski definition) is 8. The quantitative estimate of drug-likeness (QED) is 0.156. The van der Waals surface area contributed by atoms with Crippen molar-refractivity contribution in [2.24, 2.45) is 4.99 Å². The molecule has 0 amide bonds. The normalized spacial score (nSPS) is 14.6. The lowest BCUT2D eigenvalue weighted by molar-refractivity contribution is -0.139. The van der Waals surface area contributed by atoms with Crippen LogP contribution in [0, 0.1) is 0 Å². The van der Waals surface area contributed by atoms with Gasteiger partial charge in [0.15, 0.2) is 16.3 Å². The Balaban J connectivity index is 1.66. The highest BCUT2D eigenvalue weighted by Gasteiger charge is 2.34. The van der Waals surface area contributed by atoms with Gasteiger partial charge in [-0.3, -0.25) is 9.36 Å². The zero-order chi connectivity index (χ0) is 33.1. The van der Waals surface area contributed by atoms with Gasteiger partial charge < -0.3 is 18.9 Å². The van der Waals surface area contributed by atoms with Crippen LogP contribution < -0.4 is 29.1 Å². The van der Waals surface area contributed by atoms with Crippen molar-refractivity contribution in [3.05, 3.63) is 116 Å². The van der Waals surface area contributed by atoms with Crippen molar-refractivity contribution in [2.75, 3.05) is 13.7 Å². The molecule has 8 nitrogen and oxygen atoms in total. The third-order valence-corrected chi connectivity index (χ3v) is 9.29. The Morgan fingerprint density at radius 1 is 1.11 bits per heavy atom. The highest BCUT2D eigenvalue weighted by Crippen LogP contribution is 2.37. The number of aromatic nitrogens is 1. The number of benzene rings is 3. The molecule has 0 saturated heterocycles. The number of esters is 1. The first kappa shape index (κ1) is 34.0. The summed E-state index contributed by atoms with van der Waals surface area (Å²) in [6.07, 6.45) is 1.70. The number of hydrogen-bond donors (Lipinski definition) is 0. The molecule has 0 aliphatic carbocycles. The Labute approximate surface area is 292 Å². The molecule has 5 rings (SSSR count). The van der Waals surface area contributed by atoms with Crippen molar-refractivity contribution in [1.82, 2.24) is 4.57 Å². The van der Waals surface area contributed by atoms with Gasteiger partial charge in [0.2, 0.25) is 0 Å². The molecular formula is C34H31Br2ClN2O6S. The number of carbonyl (C=O) groups is 1. The summed E-state index contributed by atoms with van der Waals surface area (Å²) in [5.74, 6) is 1.05. The Hall–Kier alpha value is -3.38. The van der Waals surface area contributed by atoms with E-state index in [9.17, 15) is 9.59 Å². The first-order chi connectivity index (χ1) is 22.0. The van der Waals surface area contributed by atoms with Crippen LogP contribution in [-0.4, -0.2) is 30.4 Å². The summed E-state index contributed by atoms with van der Waals surface area (Å²) in [7, 11) is 1.55. The second-order valence-electron chi connectivity index (χ2n) is 10.6. The molecule has 1 aromatic heterocycles. The molecule has 0 fully saturated rings. The highest BCUT2D eigenvalue weighted by atomic mass is 79.9. The molecule has 0 spiro atoms. The number of fused-ring (bicyclic) bond motifs is 1. The fourth-order valence-corrected chi connectivity index (χ4v) is 7.57. The lowest BCUT2D eigenvalue weighted by atomic mass is 9.95. The smallest absolute Gasteiger partial charge is 0.338 e. The van der Waals surface area contributed by atoms with E-state index in [1.807, 2.05) is 56.3 Å². The zero-order valence-corrected chi connectivity index (χ0v) is 30.5. The zero-order valence-electron chi connectivity index (χ0n) is 25.7. The van der Waals surface area contributed by atoms with Crippen LogP contribution in [0.25, 0.3) is 6.08 Å². The van der Waals surface area contributed by atoms with Gasteiger partial charge in [-0.2, -0.15) is 0 Å². The van der Waals surface area contributed by atoms with Gasteiger partial charge in [0.25, 0.3) is 5.56 Å². The minimum absolute atomic E-state index is 0.0761. The van der Waals surface area contributed by atoms with E-state index in [-0.39, 0.29) is 23.8 Å². The molecule has 0 N–H and O–H groups in total. The Kier molecular flexibility index (Phi) is 10.8. The molecule has 0 unspecified atom stereocenters. The minimum atomic E-state index is -0.811. The monoisotopic (exact) mass is 788 g/mol. The van der Waals surface area contributed by atoms with Crippen LogP contribution in [0.15, 0.2) is 84.6 Å².